The Kier molecular flexibility index (Phi) is 5.93. The van der Waals surface area contributed by atoms with Gasteiger partial charge >= 0.3 is 0 Å². The molecule has 1 atom stereocenters. The predicted octanol–water partition coefficient (Wildman–Crippen LogP) is 3.10. The van der Waals surface area contributed by atoms with Gasteiger partial charge in [0.25, 0.3) is 5.91 Å². The predicted molar refractivity (Wildman–Crippen MR) is 115 cm³/mol. The van der Waals surface area contributed by atoms with E-state index in [1.165, 1.54) is 12.1 Å². The third-order valence-corrected chi connectivity index (χ3v) is 6.83. The maximum Gasteiger partial charge on any atom is 0.255 e. The minimum absolute atomic E-state index is 0.184. The topological polar surface area (TPSA) is 86.8 Å². The number of benzene rings is 2. The highest BCUT2D eigenvalue weighted by Gasteiger charge is 2.42. The zero-order chi connectivity index (χ0) is 21.2. The summed E-state index contributed by atoms with van der Waals surface area (Å²) in [5.74, 6) is -1.67. The first-order chi connectivity index (χ1) is 13.8. The van der Waals surface area contributed by atoms with Gasteiger partial charge in [-0.3, -0.25) is 9.59 Å². The molecule has 0 radical (unpaired) electrons. The third kappa shape index (κ3) is 4.27. The number of sulfonamides is 1. The van der Waals surface area contributed by atoms with Crippen LogP contribution in [0.25, 0.3) is 0 Å². The molecular weight excluding hydrogens is 390 g/mol. The Hall–Kier alpha value is -2.87. The summed E-state index contributed by atoms with van der Waals surface area (Å²) in [6, 6.07) is 13.6. The van der Waals surface area contributed by atoms with Crippen LogP contribution in [0, 0.1) is 5.92 Å². The molecule has 2 aromatic rings. The van der Waals surface area contributed by atoms with E-state index in [1.54, 1.807) is 19.1 Å². The van der Waals surface area contributed by atoms with Crippen molar-refractivity contribution in [2.75, 3.05) is 33.4 Å². The van der Waals surface area contributed by atoms with Crippen LogP contribution in [0.3, 0.4) is 0 Å². The number of hydrogen-bond donors (Lipinski definition) is 1. The van der Waals surface area contributed by atoms with Crippen molar-refractivity contribution in [3.05, 3.63) is 54.1 Å². The van der Waals surface area contributed by atoms with Crippen molar-refractivity contribution in [1.82, 2.24) is 0 Å². The van der Waals surface area contributed by atoms with Crippen molar-refractivity contribution in [2.45, 2.75) is 20.8 Å². The lowest BCUT2D eigenvalue weighted by Crippen LogP contribution is -2.30. The Morgan fingerprint density at radius 3 is 2.34 bits per heavy atom. The van der Waals surface area contributed by atoms with Crippen LogP contribution >= 0.6 is 0 Å². The molecule has 29 heavy (non-hydrogen) atoms. The van der Waals surface area contributed by atoms with E-state index in [2.05, 4.69) is 24.1 Å². The standard InChI is InChI=1S/C21H25N3O4S/c1-4-23(5-2)18-11-9-17(10-12-18)22-20(25)16-7-6-8-19(13-16)24-21(26)15(3)14-29(24,27)28/h6-13,15H,4-5,14H2,1-3H3,(H,22,25)/t15-/m0/s1. The SMILES string of the molecule is CCN(CC)c1ccc(NC(=O)c2cccc(N3C(=O)[C@@H](C)CS3(=O)=O)c2)cc1. The van der Waals surface area contributed by atoms with Crippen LogP contribution in [0.4, 0.5) is 17.1 Å². The summed E-state index contributed by atoms with van der Waals surface area (Å²) in [7, 11) is -3.71. The first kappa shape index (κ1) is 20.9. The van der Waals surface area contributed by atoms with Gasteiger partial charge < -0.3 is 10.2 Å². The molecule has 1 aliphatic rings. The number of nitrogens with zero attached hydrogens (tertiary/aromatic N) is 2. The second-order valence-electron chi connectivity index (χ2n) is 7.01. The molecule has 154 valence electrons. The Morgan fingerprint density at radius 1 is 1.14 bits per heavy atom. The molecule has 0 aromatic heterocycles. The van der Waals surface area contributed by atoms with Gasteiger partial charge in [0.15, 0.2) is 0 Å². The highest BCUT2D eigenvalue weighted by molar-refractivity contribution is 7.94. The molecule has 2 amide bonds. The zero-order valence-electron chi connectivity index (χ0n) is 16.8. The van der Waals surface area contributed by atoms with E-state index in [0.29, 0.717) is 5.69 Å². The molecule has 0 aliphatic carbocycles. The first-order valence-corrected chi connectivity index (χ1v) is 11.2. The molecule has 7 nitrogen and oxygen atoms in total. The van der Waals surface area contributed by atoms with Gasteiger partial charge in [0.1, 0.15) is 0 Å². The molecular formula is C21H25N3O4S. The molecule has 0 bridgehead atoms. The van der Waals surface area contributed by atoms with Crippen molar-refractivity contribution in [1.29, 1.82) is 0 Å². The molecule has 1 aliphatic heterocycles. The molecule has 1 fully saturated rings. The quantitative estimate of drug-likeness (QED) is 0.783. The van der Waals surface area contributed by atoms with Crippen LogP contribution in [0.2, 0.25) is 0 Å². The normalized spacial score (nSPS) is 18.0. The van der Waals surface area contributed by atoms with Crippen molar-refractivity contribution in [3.8, 4) is 0 Å². The summed E-state index contributed by atoms with van der Waals surface area (Å²) >= 11 is 0. The summed E-state index contributed by atoms with van der Waals surface area (Å²) in [6.45, 7) is 7.53. The lowest BCUT2D eigenvalue weighted by molar-refractivity contribution is -0.119. The van der Waals surface area contributed by atoms with Crippen molar-refractivity contribution in [3.63, 3.8) is 0 Å². The Labute approximate surface area is 171 Å². The van der Waals surface area contributed by atoms with Gasteiger partial charge in [-0.1, -0.05) is 13.0 Å². The maximum absolute atomic E-state index is 12.6. The van der Waals surface area contributed by atoms with Crippen LogP contribution < -0.4 is 14.5 Å². The monoisotopic (exact) mass is 415 g/mol. The lowest BCUT2D eigenvalue weighted by atomic mass is 10.1. The van der Waals surface area contributed by atoms with E-state index >= 15 is 0 Å². The largest absolute Gasteiger partial charge is 0.372 e. The molecule has 0 saturated carbocycles. The molecule has 2 aromatic carbocycles. The van der Waals surface area contributed by atoms with Crippen LogP contribution in [0.5, 0.6) is 0 Å². The van der Waals surface area contributed by atoms with Gasteiger partial charge in [0.2, 0.25) is 15.9 Å². The van der Waals surface area contributed by atoms with E-state index < -0.39 is 21.8 Å². The van der Waals surface area contributed by atoms with Gasteiger partial charge in [-0.15, -0.1) is 0 Å². The van der Waals surface area contributed by atoms with E-state index in [1.807, 2.05) is 24.3 Å². The van der Waals surface area contributed by atoms with Gasteiger partial charge in [0, 0.05) is 30.0 Å². The summed E-state index contributed by atoms with van der Waals surface area (Å²) in [5.41, 5.74) is 2.17. The average molecular weight is 416 g/mol. The minimum Gasteiger partial charge on any atom is -0.372 e. The van der Waals surface area contributed by atoms with E-state index in [0.717, 1.165) is 23.1 Å². The fourth-order valence-corrected chi connectivity index (χ4v) is 5.22. The molecule has 1 saturated heterocycles. The van der Waals surface area contributed by atoms with Gasteiger partial charge in [-0.25, -0.2) is 12.7 Å². The Morgan fingerprint density at radius 2 is 1.79 bits per heavy atom. The van der Waals surface area contributed by atoms with Crippen molar-refractivity contribution < 1.29 is 18.0 Å². The van der Waals surface area contributed by atoms with Gasteiger partial charge in [-0.05, 0) is 56.3 Å². The zero-order valence-corrected chi connectivity index (χ0v) is 17.6. The van der Waals surface area contributed by atoms with E-state index in [4.69, 9.17) is 0 Å². The summed E-state index contributed by atoms with van der Waals surface area (Å²) in [4.78, 5) is 27.1. The third-order valence-electron chi connectivity index (χ3n) is 4.96. The van der Waals surface area contributed by atoms with E-state index in [-0.39, 0.29) is 22.9 Å². The second kappa shape index (κ2) is 8.24. The first-order valence-electron chi connectivity index (χ1n) is 9.60. The van der Waals surface area contributed by atoms with E-state index in [9.17, 15) is 18.0 Å². The Bertz CT molecular complexity index is 1010. The summed E-state index contributed by atoms with van der Waals surface area (Å²) < 4.78 is 25.4. The lowest BCUT2D eigenvalue weighted by Gasteiger charge is -2.21. The molecule has 0 spiro atoms. The number of hydrogen-bond acceptors (Lipinski definition) is 5. The molecule has 3 rings (SSSR count). The smallest absolute Gasteiger partial charge is 0.255 e. The number of nitrogens with one attached hydrogen (secondary N) is 1. The summed E-state index contributed by atoms with van der Waals surface area (Å²) in [6.07, 6.45) is 0. The second-order valence-corrected chi connectivity index (χ2v) is 8.87. The van der Waals surface area contributed by atoms with Crippen molar-refractivity contribution in [2.24, 2.45) is 5.92 Å². The van der Waals surface area contributed by atoms with Crippen LogP contribution in [-0.4, -0.2) is 39.1 Å². The van der Waals surface area contributed by atoms with Crippen LogP contribution in [0.1, 0.15) is 31.1 Å². The fraction of sp³-hybridized carbons (Fsp3) is 0.333. The highest BCUT2D eigenvalue weighted by Crippen LogP contribution is 2.29. The van der Waals surface area contributed by atoms with Crippen LogP contribution in [-0.2, 0) is 14.8 Å². The molecule has 1 N–H and O–H groups in total. The molecule has 8 heteroatoms. The fourth-order valence-electron chi connectivity index (χ4n) is 3.41. The van der Waals surface area contributed by atoms with Gasteiger partial charge in [-0.2, -0.15) is 0 Å². The van der Waals surface area contributed by atoms with Crippen LogP contribution in [0.15, 0.2) is 48.5 Å². The number of amides is 2. The molecule has 0 unspecified atom stereocenters. The average Bonchev–Trinajstić information content (AvgIpc) is 2.90. The number of anilines is 3. The molecule has 1 heterocycles. The van der Waals surface area contributed by atoms with Crippen molar-refractivity contribution >= 4 is 38.9 Å². The Balaban J connectivity index is 1.79. The number of carbonyl (C=O) groups excluding carboxylic acids is 2. The minimum atomic E-state index is -3.71. The number of rotatable bonds is 6. The maximum atomic E-state index is 12.6. The summed E-state index contributed by atoms with van der Waals surface area (Å²) in [5, 5.41) is 2.81. The number of carbonyl (C=O) groups is 2. The van der Waals surface area contributed by atoms with Gasteiger partial charge in [0.05, 0.1) is 17.4 Å². The highest BCUT2D eigenvalue weighted by atomic mass is 32.2.